The molecule has 15 heavy (non-hydrogen) atoms. The largest absolute Gasteiger partial charge is 0.380 e. The van der Waals surface area contributed by atoms with Gasteiger partial charge in [0.2, 0.25) is 0 Å². The third kappa shape index (κ3) is 3.73. The fourth-order valence-electron chi connectivity index (χ4n) is 1.36. The Hall–Kier alpha value is -0.730. The number of benzene rings is 1. The van der Waals surface area contributed by atoms with E-state index in [0.29, 0.717) is 6.61 Å². The molecule has 0 heterocycles. The van der Waals surface area contributed by atoms with E-state index in [4.69, 9.17) is 16.3 Å². The van der Waals surface area contributed by atoms with Crippen molar-refractivity contribution >= 4 is 17.3 Å². The Bertz CT molecular complexity index is 314. The summed E-state index contributed by atoms with van der Waals surface area (Å²) in [5, 5.41) is 4.12. The van der Waals surface area contributed by atoms with Gasteiger partial charge in [-0.1, -0.05) is 23.7 Å². The molecule has 0 saturated heterocycles. The molecule has 84 valence electrons. The topological polar surface area (TPSA) is 21.3 Å². The van der Waals surface area contributed by atoms with Crippen molar-refractivity contribution in [2.24, 2.45) is 0 Å². The molecule has 0 aliphatic heterocycles. The van der Waals surface area contributed by atoms with E-state index in [0.717, 1.165) is 22.9 Å². The van der Waals surface area contributed by atoms with Crippen LogP contribution in [-0.2, 0) is 4.74 Å². The van der Waals surface area contributed by atoms with Gasteiger partial charge in [0.05, 0.1) is 17.3 Å². The van der Waals surface area contributed by atoms with Gasteiger partial charge in [0.15, 0.2) is 0 Å². The number of ether oxygens (including phenoxy) is 1. The summed E-state index contributed by atoms with van der Waals surface area (Å²) in [5.41, 5.74) is 2.06. The monoisotopic (exact) mass is 227 g/mol. The normalized spacial score (nSPS) is 12.5. The molecule has 1 rings (SSSR count). The van der Waals surface area contributed by atoms with E-state index < -0.39 is 0 Å². The van der Waals surface area contributed by atoms with Crippen molar-refractivity contribution in [2.45, 2.75) is 26.8 Å². The molecule has 0 fully saturated rings. The average Bonchev–Trinajstić information content (AvgIpc) is 2.22. The Balaban J connectivity index is 2.60. The number of rotatable bonds is 5. The number of anilines is 1. The van der Waals surface area contributed by atoms with Crippen LogP contribution in [0.5, 0.6) is 0 Å². The Morgan fingerprint density at radius 3 is 2.87 bits per heavy atom. The van der Waals surface area contributed by atoms with Crippen molar-refractivity contribution < 1.29 is 4.74 Å². The summed E-state index contributed by atoms with van der Waals surface area (Å²) in [7, 11) is 0. The van der Waals surface area contributed by atoms with Crippen LogP contribution in [-0.4, -0.2) is 19.3 Å². The Labute approximate surface area is 96.6 Å². The molecule has 0 amide bonds. The summed E-state index contributed by atoms with van der Waals surface area (Å²) in [5.74, 6) is 0. The standard InChI is InChI=1S/C12H18ClNO/c1-4-15-8-10(3)14-11-7-5-6-9(2)12(11)13/h5-7,10,14H,4,8H2,1-3H3. The lowest BCUT2D eigenvalue weighted by Crippen LogP contribution is -2.21. The van der Waals surface area contributed by atoms with Crippen LogP contribution >= 0.6 is 11.6 Å². The highest BCUT2D eigenvalue weighted by Gasteiger charge is 2.06. The van der Waals surface area contributed by atoms with Gasteiger partial charge in [-0.05, 0) is 32.4 Å². The Kier molecular flexibility index (Phi) is 4.92. The highest BCUT2D eigenvalue weighted by molar-refractivity contribution is 6.34. The van der Waals surface area contributed by atoms with Crippen LogP contribution in [0.4, 0.5) is 5.69 Å². The van der Waals surface area contributed by atoms with Gasteiger partial charge in [-0.25, -0.2) is 0 Å². The first kappa shape index (κ1) is 12.3. The minimum atomic E-state index is 0.268. The van der Waals surface area contributed by atoms with Crippen LogP contribution in [0, 0.1) is 6.92 Å². The Morgan fingerprint density at radius 1 is 1.47 bits per heavy atom. The number of hydrogen-bond acceptors (Lipinski definition) is 2. The van der Waals surface area contributed by atoms with Gasteiger partial charge in [0.25, 0.3) is 0 Å². The van der Waals surface area contributed by atoms with Gasteiger partial charge in [0, 0.05) is 12.6 Å². The number of halogens is 1. The molecule has 0 saturated carbocycles. The molecule has 0 aromatic heterocycles. The Morgan fingerprint density at radius 2 is 2.20 bits per heavy atom. The SMILES string of the molecule is CCOCC(C)Nc1cccc(C)c1Cl. The molecule has 0 radical (unpaired) electrons. The van der Waals surface area contributed by atoms with Gasteiger partial charge in [0.1, 0.15) is 0 Å². The average molecular weight is 228 g/mol. The van der Waals surface area contributed by atoms with E-state index in [2.05, 4.69) is 12.2 Å². The molecule has 1 unspecified atom stereocenters. The third-order valence-corrected chi connectivity index (χ3v) is 2.67. The fraction of sp³-hybridized carbons (Fsp3) is 0.500. The summed E-state index contributed by atoms with van der Waals surface area (Å²) < 4.78 is 5.33. The first-order chi connectivity index (χ1) is 7.15. The number of aryl methyl sites for hydroxylation is 1. The van der Waals surface area contributed by atoms with Gasteiger partial charge in [-0.3, -0.25) is 0 Å². The van der Waals surface area contributed by atoms with E-state index in [9.17, 15) is 0 Å². The summed E-state index contributed by atoms with van der Waals surface area (Å²) in [6.07, 6.45) is 0. The van der Waals surface area contributed by atoms with E-state index in [-0.39, 0.29) is 6.04 Å². The molecule has 0 aliphatic rings. The van der Waals surface area contributed by atoms with E-state index in [1.165, 1.54) is 0 Å². The lowest BCUT2D eigenvalue weighted by atomic mass is 10.2. The molecule has 0 aliphatic carbocycles. The molecular weight excluding hydrogens is 210 g/mol. The van der Waals surface area contributed by atoms with Gasteiger partial charge >= 0.3 is 0 Å². The quantitative estimate of drug-likeness (QED) is 0.832. The molecule has 1 aromatic rings. The van der Waals surface area contributed by atoms with Crippen molar-refractivity contribution in [3.8, 4) is 0 Å². The second-order valence-corrected chi connectivity index (χ2v) is 4.02. The van der Waals surface area contributed by atoms with Crippen molar-refractivity contribution in [3.63, 3.8) is 0 Å². The fourth-order valence-corrected chi connectivity index (χ4v) is 1.54. The number of nitrogens with one attached hydrogen (secondary N) is 1. The highest BCUT2D eigenvalue weighted by atomic mass is 35.5. The first-order valence-electron chi connectivity index (χ1n) is 5.24. The van der Waals surface area contributed by atoms with Crippen LogP contribution in [0.15, 0.2) is 18.2 Å². The van der Waals surface area contributed by atoms with Gasteiger partial charge in [-0.2, -0.15) is 0 Å². The molecule has 1 N–H and O–H groups in total. The van der Waals surface area contributed by atoms with Crippen molar-refractivity contribution in [1.82, 2.24) is 0 Å². The minimum absolute atomic E-state index is 0.268. The molecular formula is C12H18ClNO. The van der Waals surface area contributed by atoms with Crippen molar-refractivity contribution in [2.75, 3.05) is 18.5 Å². The third-order valence-electron chi connectivity index (χ3n) is 2.17. The smallest absolute Gasteiger partial charge is 0.0666 e. The lowest BCUT2D eigenvalue weighted by Gasteiger charge is -2.16. The predicted molar refractivity (Wildman–Crippen MR) is 65.8 cm³/mol. The first-order valence-corrected chi connectivity index (χ1v) is 5.62. The summed E-state index contributed by atoms with van der Waals surface area (Å²) in [6, 6.07) is 6.25. The molecule has 1 atom stereocenters. The second-order valence-electron chi connectivity index (χ2n) is 3.64. The highest BCUT2D eigenvalue weighted by Crippen LogP contribution is 2.25. The molecule has 1 aromatic carbocycles. The van der Waals surface area contributed by atoms with E-state index in [1.54, 1.807) is 0 Å². The van der Waals surface area contributed by atoms with E-state index in [1.807, 2.05) is 32.0 Å². The molecule has 2 nitrogen and oxygen atoms in total. The zero-order chi connectivity index (χ0) is 11.3. The van der Waals surface area contributed by atoms with Crippen molar-refractivity contribution in [1.29, 1.82) is 0 Å². The summed E-state index contributed by atoms with van der Waals surface area (Å²) >= 11 is 6.17. The van der Waals surface area contributed by atoms with E-state index >= 15 is 0 Å². The van der Waals surface area contributed by atoms with Crippen molar-refractivity contribution in [3.05, 3.63) is 28.8 Å². The molecule has 3 heteroatoms. The van der Waals surface area contributed by atoms with Crippen LogP contribution < -0.4 is 5.32 Å². The van der Waals surface area contributed by atoms with Crippen LogP contribution in [0.1, 0.15) is 19.4 Å². The van der Waals surface area contributed by atoms with Gasteiger partial charge < -0.3 is 10.1 Å². The second kappa shape index (κ2) is 5.99. The maximum absolute atomic E-state index is 6.17. The maximum atomic E-state index is 6.17. The summed E-state index contributed by atoms with van der Waals surface area (Å²) in [6.45, 7) is 7.51. The molecule has 0 bridgehead atoms. The van der Waals surface area contributed by atoms with Crippen LogP contribution in [0.25, 0.3) is 0 Å². The van der Waals surface area contributed by atoms with Crippen LogP contribution in [0.3, 0.4) is 0 Å². The minimum Gasteiger partial charge on any atom is -0.380 e. The zero-order valence-electron chi connectivity index (χ0n) is 9.51. The predicted octanol–water partition coefficient (Wildman–Crippen LogP) is 3.49. The number of hydrogen-bond donors (Lipinski definition) is 1. The zero-order valence-corrected chi connectivity index (χ0v) is 10.3. The van der Waals surface area contributed by atoms with Crippen LogP contribution in [0.2, 0.25) is 5.02 Å². The maximum Gasteiger partial charge on any atom is 0.0666 e. The lowest BCUT2D eigenvalue weighted by molar-refractivity contribution is 0.141. The summed E-state index contributed by atoms with van der Waals surface area (Å²) in [4.78, 5) is 0. The molecule has 0 spiro atoms. The van der Waals surface area contributed by atoms with Gasteiger partial charge in [-0.15, -0.1) is 0 Å².